The number of nitrogens with two attached hydrogens (primary N) is 1. The normalized spacial score (nSPS) is 14.1. The van der Waals surface area contributed by atoms with E-state index in [4.69, 9.17) is 5.84 Å². The Bertz CT molecular complexity index is 2180. The fraction of sp³-hybridized carbons (Fsp3) is 0.276. The third-order valence-corrected chi connectivity index (χ3v) is 10.7. The Kier molecular flexibility index (Phi) is 24.6. The molecule has 4 aliphatic carbocycles. The van der Waals surface area contributed by atoms with Crippen molar-refractivity contribution in [2.24, 2.45) is 5.84 Å². The number of thiol groups is 1. The molecule has 0 aromatic heterocycles. The van der Waals surface area contributed by atoms with Crippen molar-refractivity contribution in [3.63, 3.8) is 0 Å². The largest absolute Gasteiger partial charge is 0.324 e. The van der Waals surface area contributed by atoms with Gasteiger partial charge in [0.1, 0.15) is 0 Å². The van der Waals surface area contributed by atoms with Gasteiger partial charge < -0.3 is 5.43 Å². The average Bonchev–Trinajstić information content (AvgIpc) is 4.07. The van der Waals surface area contributed by atoms with Crippen LogP contribution >= 0.6 is 12.6 Å². The van der Waals surface area contributed by atoms with E-state index < -0.39 is 0 Å². The first-order valence-electron chi connectivity index (χ1n) is 22.1. The molecule has 3 heteroatoms. The lowest BCUT2D eigenvalue weighted by molar-refractivity contribution is 0.953. The van der Waals surface area contributed by atoms with E-state index in [-0.39, 0.29) is 7.43 Å². The number of allylic oxidation sites excluding steroid dienone is 15. The second-order valence-corrected chi connectivity index (χ2v) is 14.5. The highest BCUT2D eigenvalue weighted by molar-refractivity contribution is 7.85. The smallest absolute Gasteiger partial charge is 0.0485 e. The first-order chi connectivity index (χ1) is 29.5. The van der Waals surface area contributed by atoms with Gasteiger partial charge in [0.25, 0.3) is 0 Å². The van der Waals surface area contributed by atoms with Crippen molar-refractivity contribution in [1.29, 1.82) is 0 Å². The van der Waals surface area contributed by atoms with Crippen LogP contribution in [0.3, 0.4) is 0 Å². The SMILES string of the molecule is C.C/C=C(\C1=C(C2=CC=C(C)C2)c2c(CCc3ccccc3)cccc2C1)c1ccc(C2=CCC=C2S)cc1.C1=CCCC=C1.C=C(NN)c1ccccc1.CC.CC.CC. The summed E-state index contributed by atoms with van der Waals surface area (Å²) in [5.41, 5.74) is 21.0. The Hall–Kier alpha value is -5.35. The van der Waals surface area contributed by atoms with Crippen molar-refractivity contribution in [1.82, 2.24) is 5.43 Å². The summed E-state index contributed by atoms with van der Waals surface area (Å²) >= 11 is 4.67. The van der Waals surface area contributed by atoms with Crippen LogP contribution in [0.2, 0.25) is 0 Å². The molecule has 0 radical (unpaired) electrons. The van der Waals surface area contributed by atoms with Gasteiger partial charge in [0.05, 0.1) is 0 Å². The van der Waals surface area contributed by atoms with E-state index in [9.17, 15) is 0 Å². The molecule has 8 rings (SSSR count). The molecule has 0 bridgehead atoms. The van der Waals surface area contributed by atoms with Crippen molar-refractivity contribution in [3.05, 3.63) is 225 Å². The molecule has 0 heterocycles. The first-order valence-corrected chi connectivity index (χ1v) is 22.6. The zero-order chi connectivity index (χ0) is 43.7. The summed E-state index contributed by atoms with van der Waals surface area (Å²) in [6.07, 6.45) is 27.5. The van der Waals surface area contributed by atoms with Crippen LogP contribution in [0.4, 0.5) is 0 Å². The predicted molar refractivity (Wildman–Crippen MR) is 278 cm³/mol. The number of aryl methyl sites for hydroxylation is 2. The standard InChI is InChI=1S/C37H34S.C8H10N2.C6H8.3C2H6.CH4/c1-3-32(27-19-21-28(22-20-27)33-13-8-14-35(33)38)34-24-30-12-7-11-29(18-16-26-9-5-4-6-10-26)36(30)37(34)31-17-15-25(2)23-31;1-7(10-9)8-5-3-2-4-6-8;1-2-4-6-5-3-1;3*1-2;/h3-7,9-15,17,19-22,38H,8,16,18,23-24H2,1-2H3;2-6,10H,1,9H2;1-4H,5-6H2;3*1-2H3;1H4/b32-3-;;;;;;. The third kappa shape index (κ3) is 15.0. The Morgan fingerprint density at radius 2 is 1.34 bits per heavy atom. The number of hydrogen-bond donors (Lipinski definition) is 3. The van der Waals surface area contributed by atoms with Crippen LogP contribution in [0.25, 0.3) is 22.4 Å². The molecule has 0 atom stereocenters. The topological polar surface area (TPSA) is 38.0 Å². The fourth-order valence-corrected chi connectivity index (χ4v) is 7.80. The van der Waals surface area contributed by atoms with Crippen LogP contribution in [0.15, 0.2) is 186 Å². The molecule has 0 unspecified atom stereocenters. The summed E-state index contributed by atoms with van der Waals surface area (Å²) in [4.78, 5) is 1.08. The van der Waals surface area contributed by atoms with Crippen molar-refractivity contribution >= 4 is 35.0 Å². The Morgan fingerprint density at radius 1 is 0.721 bits per heavy atom. The van der Waals surface area contributed by atoms with Gasteiger partial charge in [-0.05, 0) is 126 Å². The van der Waals surface area contributed by atoms with Gasteiger partial charge in [-0.3, -0.25) is 5.84 Å². The van der Waals surface area contributed by atoms with Crippen LogP contribution in [-0.2, 0) is 19.3 Å². The summed E-state index contributed by atoms with van der Waals surface area (Å²) < 4.78 is 0. The fourth-order valence-electron chi connectivity index (χ4n) is 7.48. The maximum absolute atomic E-state index is 5.15. The minimum atomic E-state index is 0. The molecule has 0 saturated carbocycles. The highest BCUT2D eigenvalue weighted by atomic mass is 32.1. The summed E-state index contributed by atoms with van der Waals surface area (Å²) in [7, 11) is 0. The van der Waals surface area contributed by atoms with Gasteiger partial charge in [0.2, 0.25) is 0 Å². The van der Waals surface area contributed by atoms with Crippen molar-refractivity contribution in [3.8, 4) is 0 Å². The van der Waals surface area contributed by atoms with Gasteiger partial charge in [0.15, 0.2) is 0 Å². The number of hydrogen-bond acceptors (Lipinski definition) is 3. The molecular formula is C58H74N2S. The molecule has 0 fully saturated rings. The van der Waals surface area contributed by atoms with E-state index in [2.05, 4.69) is 166 Å². The minimum absolute atomic E-state index is 0. The number of rotatable bonds is 9. The van der Waals surface area contributed by atoms with Gasteiger partial charge >= 0.3 is 0 Å². The average molecular weight is 831 g/mol. The van der Waals surface area contributed by atoms with Gasteiger partial charge in [0, 0.05) is 10.6 Å². The number of fused-ring (bicyclic) bond motifs is 1. The zero-order valence-electron chi connectivity index (χ0n) is 37.7. The van der Waals surface area contributed by atoms with Crippen molar-refractivity contribution < 1.29 is 0 Å². The van der Waals surface area contributed by atoms with E-state index in [0.717, 1.165) is 48.3 Å². The quantitative estimate of drug-likeness (QED) is 0.0893. The van der Waals surface area contributed by atoms with Crippen LogP contribution in [0.1, 0.15) is 127 Å². The number of nitrogens with one attached hydrogen (secondary N) is 1. The summed E-state index contributed by atoms with van der Waals surface area (Å²) in [5, 5.41) is 0. The van der Waals surface area contributed by atoms with Gasteiger partial charge in [-0.2, -0.15) is 0 Å². The van der Waals surface area contributed by atoms with Gasteiger partial charge in [-0.25, -0.2) is 0 Å². The van der Waals surface area contributed by atoms with Crippen LogP contribution < -0.4 is 11.3 Å². The summed E-state index contributed by atoms with van der Waals surface area (Å²) in [5.74, 6) is 5.15. The first kappa shape index (κ1) is 51.8. The molecular weight excluding hydrogens is 757 g/mol. The predicted octanol–water partition coefficient (Wildman–Crippen LogP) is 16.5. The monoisotopic (exact) mass is 831 g/mol. The molecule has 4 aromatic rings. The molecule has 4 aromatic carbocycles. The second kappa shape index (κ2) is 29.0. The summed E-state index contributed by atoms with van der Waals surface area (Å²) in [6.45, 7) is 20.1. The second-order valence-electron chi connectivity index (χ2n) is 14.0. The van der Waals surface area contributed by atoms with Crippen LogP contribution in [0.5, 0.6) is 0 Å². The Morgan fingerprint density at radius 3 is 1.85 bits per heavy atom. The van der Waals surface area contributed by atoms with Gasteiger partial charge in [-0.15, -0.1) is 12.6 Å². The Labute approximate surface area is 377 Å². The van der Waals surface area contributed by atoms with E-state index in [1.807, 2.05) is 71.9 Å². The van der Waals surface area contributed by atoms with Crippen LogP contribution in [0, 0.1) is 0 Å². The van der Waals surface area contributed by atoms with Crippen molar-refractivity contribution in [2.75, 3.05) is 0 Å². The van der Waals surface area contributed by atoms with Crippen molar-refractivity contribution in [2.45, 2.75) is 108 Å². The zero-order valence-corrected chi connectivity index (χ0v) is 38.6. The van der Waals surface area contributed by atoms with Gasteiger partial charge in [-0.1, -0.05) is 219 Å². The molecule has 322 valence electrons. The minimum Gasteiger partial charge on any atom is -0.324 e. The Balaban J connectivity index is 0.000000460. The lowest BCUT2D eigenvalue weighted by Gasteiger charge is -2.17. The maximum atomic E-state index is 5.15. The molecule has 4 aliphatic rings. The highest BCUT2D eigenvalue weighted by Gasteiger charge is 2.29. The van der Waals surface area contributed by atoms with E-state index in [1.165, 1.54) is 79.7 Å². The molecule has 3 N–H and O–H groups in total. The van der Waals surface area contributed by atoms with E-state index in [0.29, 0.717) is 0 Å². The molecule has 0 saturated heterocycles. The molecule has 0 aliphatic heterocycles. The summed E-state index contributed by atoms with van der Waals surface area (Å²) in [6, 6.07) is 36.7. The number of hydrazine groups is 1. The molecule has 0 amide bonds. The number of benzene rings is 4. The maximum Gasteiger partial charge on any atom is 0.0485 e. The molecule has 0 spiro atoms. The molecule has 61 heavy (non-hydrogen) atoms. The van der Waals surface area contributed by atoms with E-state index >= 15 is 0 Å². The lowest BCUT2D eigenvalue weighted by atomic mass is 9.87. The van der Waals surface area contributed by atoms with Crippen LogP contribution in [-0.4, -0.2) is 0 Å². The third-order valence-electron chi connectivity index (χ3n) is 10.3. The highest BCUT2D eigenvalue weighted by Crippen LogP contribution is 2.47. The molecule has 2 nitrogen and oxygen atoms in total. The van der Waals surface area contributed by atoms with E-state index in [1.54, 1.807) is 0 Å². The lowest BCUT2D eigenvalue weighted by Crippen LogP contribution is -2.18.